The van der Waals surface area contributed by atoms with Gasteiger partial charge >= 0.3 is 0 Å². The van der Waals surface area contributed by atoms with Crippen LogP contribution < -0.4 is 0 Å². The van der Waals surface area contributed by atoms with Crippen molar-refractivity contribution in [1.29, 1.82) is 0 Å². The Balaban J connectivity index is 2.57. The van der Waals surface area contributed by atoms with Gasteiger partial charge in [-0.2, -0.15) is 5.10 Å². The van der Waals surface area contributed by atoms with Crippen LogP contribution in [0, 0.1) is 6.92 Å². The highest BCUT2D eigenvalue weighted by Crippen LogP contribution is 2.19. The van der Waals surface area contributed by atoms with Crippen molar-refractivity contribution in [3.63, 3.8) is 0 Å². The molecule has 2 aromatic rings. The Kier molecular flexibility index (Phi) is 2.39. The van der Waals surface area contributed by atoms with E-state index in [1.807, 2.05) is 37.3 Å². The number of rotatable bonds is 2. The average Bonchev–Trinajstić information content (AvgIpc) is 2.62. The van der Waals surface area contributed by atoms with E-state index in [2.05, 4.69) is 15.1 Å². The topological polar surface area (TPSA) is 66.6 Å². The van der Waals surface area contributed by atoms with Crippen molar-refractivity contribution in [2.45, 2.75) is 6.92 Å². The van der Waals surface area contributed by atoms with Crippen LogP contribution in [-0.2, 0) is 0 Å². The van der Waals surface area contributed by atoms with Gasteiger partial charge in [0, 0.05) is 4.91 Å². The Hall–Kier alpha value is -2.26. The Morgan fingerprint density at radius 1 is 1.33 bits per heavy atom. The monoisotopic (exact) mass is 199 g/mol. The van der Waals surface area contributed by atoms with Gasteiger partial charge in [-0.25, -0.2) is 4.68 Å². The maximum Gasteiger partial charge on any atom is 0.130 e. The Bertz CT molecular complexity index is 508. The number of para-hydroxylation sites is 1. The molecule has 0 aliphatic rings. The summed E-state index contributed by atoms with van der Waals surface area (Å²) in [5.74, 6) is 0.501. The molecule has 0 saturated carbocycles. The van der Waals surface area contributed by atoms with Gasteiger partial charge in [-0.3, -0.25) is 0 Å². The van der Waals surface area contributed by atoms with Crippen LogP contribution in [0.5, 0.6) is 0 Å². The number of benzene rings is 1. The molecule has 5 heteroatoms. The van der Waals surface area contributed by atoms with Crippen LogP contribution in [0.2, 0.25) is 0 Å². The molecule has 15 heavy (non-hydrogen) atoms. The van der Waals surface area contributed by atoms with Gasteiger partial charge in [-0.15, -0.1) is 0 Å². The van der Waals surface area contributed by atoms with E-state index in [1.54, 1.807) is 10.7 Å². The first-order chi connectivity index (χ1) is 7.31. The van der Waals surface area contributed by atoms with E-state index in [4.69, 9.17) is 5.53 Å². The molecule has 1 heterocycles. The average molecular weight is 199 g/mol. The Morgan fingerprint density at radius 3 is 2.73 bits per heavy atom. The van der Waals surface area contributed by atoms with E-state index >= 15 is 0 Å². The quantitative estimate of drug-likeness (QED) is 0.416. The first-order valence-electron chi connectivity index (χ1n) is 4.48. The predicted molar refractivity (Wildman–Crippen MR) is 57.1 cm³/mol. The summed E-state index contributed by atoms with van der Waals surface area (Å²) >= 11 is 0. The van der Waals surface area contributed by atoms with Crippen LogP contribution in [0.3, 0.4) is 0 Å². The van der Waals surface area contributed by atoms with Gasteiger partial charge in [-0.1, -0.05) is 18.2 Å². The van der Waals surface area contributed by atoms with Crippen molar-refractivity contribution in [1.82, 2.24) is 9.78 Å². The Morgan fingerprint density at radius 2 is 2.07 bits per heavy atom. The van der Waals surface area contributed by atoms with Gasteiger partial charge < -0.3 is 0 Å². The molecule has 0 saturated heterocycles. The summed E-state index contributed by atoms with van der Waals surface area (Å²) in [6.45, 7) is 1.86. The zero-order valence-corrected chi connectivity index (χ0v) is 8.20. The zero-order chi connectivity index (χ0) is 10.7. The van der Waals surface area contributed by atoms with E-state index < -0.39 is 0 Å². The summed E-state index contributed by atoms with van der Waals surface area (Å²) in [6, 6.07) is 11.3. The molecule has 74 valence electrons. The van der Waals surface area contributed by atoms with Crippen molar-refractivity contribution >= 4 is 5.82 Å². The third-order valence-electron chi connectivity index (χ3n) is 1.96. The smallest absolute Gasteiger partial charge is 0.130 e. The van der Waals surface area contributed by atoms with Gasteiger partial charge in [0.2, 0.25) is 0 Å². The fourth-order valence-electron chi connectivity index (χ4n) is 1.36. The lowest BCUT2D eigenvalue weighted by molar-refractivity contribution is 0.861. The molecule has 5 nitrogen and oxygen atoms in total. The number of nitrogens with zero attached hydrogens (tertiary/aromatic N) is 5. The van der Waals surface area contributed by atoms with Crippen molar-refractivity contribution in [3.8, 4) is 5.69 Å². The molecule has 0 unspecified atom stereocenters. The second-order valence-electron chi connectivity index (χ2n) is 3.08. The van der Waals surface area contributed by atoms with E-state index in [1.165, 1.54) is 0 Å². The van der Waals surface area contributed by atoms with Crippen LogP contribution in [0.15, 0.2) is 41.5 Å². The minimum atomic E-state index is 0.501. The van der Waals surface area contributed by atoms with Crippen molar-refractivity contribution in [2.75, 3.05) is 0 Å². The fraction of sp³-hybridized carbons (Fsp3) is 0.100. The highest BCUT2D eigenvalue weighted by Gasteiger charge is 2.04. The van der Waals surface area contributed by atoms with Gasteiger partial charge in [0.1, 0.15) is 5.82 Å². The summed E-state index contributed by atoms with van der Waals surface area (Å²) in [7, 11) is 0. The van der Waals surface area contributed by atoms with Crippen LogP contribution in [-0.4, -0.2) is 9.78 Å². The minimum absolute atomic E-state index is 0.501. The maximum absolute atomic E-state index is 8.42. The zero-order valence-electron chi connectivity index (χ0n) is 8.20. The van der Waals surface area contributed by atoms with Crippen molar-refractivity contribution in [2.24, 2.45) is 5.11 Å². The van der Waals surface area contributed by atoms with E-state index in [0.717, 1.165) is 11.4 Å². The van der Waals surface area contributed by atoms with Gasteiger partial charge in [0.05, 0.1) is 11.4 Å². The molecule has 2 rings (SSSR count). The van der Waals surface area contributed by atoms with Gasteiger partial charge in [0.25, 0.3) is 0 Å². The van der Waals surface area contributed by atoms with Gasteiger partial charge in [0.15, 0.2) is 0 Å². The SMILES string of the molecule is Cc1cc(N=[N+]=[N-])n(-c2ccccc2)n1. The molecule has 0 aliphatic heterocycles. The highest BCUT2D eigenvalue weighted by atomic mass is 15.3. The summed E-state index contributed by atoms with van der Waals surface area (Å²) in [5, 5.41) is 7.84. The third kappa shape index (κ3) is 1.82. The van der Waals surface area contributed by atoms with E-state index in [0.29, 0.717) is 5.82 Å². The van der Waals surface area contributed by atoms with E-state index in [9.17, 15) is 0 Å². The van der Waals surface area contributed by atoms with Crippen LogP contribution >= 0.6 is 0 Å². The number of azide groups is 1. The lowest BCUT2D eigenvalue weighted by Crippen LogP contribution is -1.95. The molecule has 1 aromatic carbocycles. The summed E-state index contributed by atoms with van der Waals surface area (Å²) < 4.78 is 1.62. The maximum atomic E-state index is 8.42. The molecule has 0 N–H and O–H groups in total. The number of aromatic nitrogens is 2. The summed E-state index contributed by atoms with van der Waals surface area (Å²) in [4.78, 5) is 2.77. The molecule has 0 aliphatic carbocycles. The number of hydrogen-bond acceptors (Lipinski definition) is 2. The first kappa shape index (κ1) is 9.30. The standard InChI is InChI=1S/C10H9N5/c1-8-7-10(12-14-11)15(13-8)9-5-3-2-4-6-9/h2-7H,1H3. The van der Waals surface area contributed by atoms with Crippen molar-refractivity contribution < 1.29 is 0 Å². The molecule has 0 fully saturated rings. The largest absolute Gasteiger partial charge is 0.231 e. The second kappa shape index (κ2) is 3.86. The minimum Gasteiger partial charge on any atom is -0.231 e. The molecule has 0 atom stereocenters. The molecule has 0 radical (unpaired) electrons. The lowest BCUT2D eigenvalue weighted by Gasteiger charge is -2.02. The number of hydrogen-bond donors (Lipinski definition) is 0. The Labute approximate surface area is 86.6 Å². The molecule has 0 spiro atoms. The van der Waals surface area contributed by atoms with E-state index in [-0.39, 0.29) is 0 Å². The molecular formula is C10H9N5. The normalized spacial score (nSPS) is 9.67. The predicted octanol–water partition coefficient (Wildman–Crippen LogP) is 3.12. The third-order valence-corrected chi connectivity index (χ3v) is 1.96. The molecule has 1 aromatic heterocycles. The number of aryl methyl sites for hydroxylation is 1. The molecular weight excluding hydrogens is 190 g/mol. The van der Waals surface area contributed by atoms with Crippen LogP contribution in [0.25, 0.3) is 16.1 Å². The second-order valence-corrected chi connectivity index (χ2v) is 3.08. The fourth-order valence-corrected chi connectivity index (χ4v) is 1.36. The highest BCUT2D eigenvalue weighted by molar-refractivity contribution is 5.41. The van der Waals surface area contributed by atoms with Crippen LogP contribution in [0.1, 0.15) is 5.69 Å². The van der Waals surface area contributed by atoms with Gasteiger partial charge in [-0.05, 0) is 35.8 Å². The summed E-state index contributed by atoms with van der Waals surface area (Å²) in [5.41, 5.74) is 10.1. The molecule has 0 amide bonds. The first-order valence-corrected chi connectivity index (χ1v) is 4.48. The van der Waals surface area contributed by atoms with Crippen molar-refractivity contribution in [3.05, 3.63) is 52.5 Å². The lowest BCUT2D eigenvalue weighted by atomic mass is 10.3. The molecule has 0 bridgehead atoms. The van der Waals surface area contributed by atoms with Crippen LogP contribution in [0.4, 0.5) is 5.82 Å². The summed E-state index contributed by atoms with van der Waals surface area (Å²) in [6.07, 6.45) is 0.